The van der Waals surface area contributed by atoms with E-state index in [2.05, 4.69) is 36.9 Å². The molecule has 0 aliphatic rings. The first kappa shape index (κ1) is 21.9. The first-order valence-electron chi connectivity index (χ1n) is 10.6. The molecule has 0 aromatic heterocycles. The van der Waals surface area contributed by atoms with Crippen molar-refractivity contribution in [3.63, 3.8) is 0 Å². The number of carbonyl (C=O) groups is 1. The van der Waals surface area contributed by atoms with Crippen molar-refractivity contribution in [1.29, 1.82) is 0 Å². The van der Waals surface area contributed by atoms with Crippen molar-refractivity contribution in [3.8, 4) is 0 Å². The van der Waals surface area contributed by atoms with Crippen molar-refractivity contribution in [1.82, 2.24) is 0 Å². The van der Waals surface area contributed by atoms with E-state index in [4.69, 9.17) is 4.74 Å². The van der Waals surface area contributed by atoms with Gasteiger partial charge in [-0.05, 0) is 43.2 Å². The number of aryl methyl sites for hydroxylation is 1. The molecule has 1 unspecified atom stereocenters. The van der Waals surface area contributed by atoms with Gasteiger partial charge in [0.2, 0.25) is 0 Å². The summed E-state index contributed by atoms with van der Waals surface area (Å²) in [5.74, 6) is -0.0687. The monoisotopic (exact) mass is 378 g/mol. The molecule has 0 aliphatic carbocycles. The minimum Gasteiger partial charge on any atom is -0.461 e. The van der Waals surface area contributed by atoms with Gasteiger partial charge in [0, 0.05) is 0 Å². The van der Waals surface area contributed by atoms with Crippen LogP contribution in [0.1, 0.15) is 62.5 Å². The SMILES string of the molecule is C=CCCC(CCCCCCCc1ccccc1)C(=O)OCc1ccccc1. The molecule has 2 heteroatoms. The lowest BCUT2D eigenvalue weighted by atomic mass is 9.95. The molecule has 2 nitrogen and oxygen atoms in total. The summed E-state index contributed by atoms with van der Waals surface area (Å²) >= 11 is 0. The fourth-order valence-electron chi connectivity index (χ4n) is 3.44. The van der Waals surface area contributed by atoms with Gasteiger partial charge in [0.15, 0.2) is 0 Å². The molecule has 0 radical (unpaired) electrons. The summed E-state index contributed by atoms with van der Waals surface area (Å²) in [4.78, 5) is 12.5. The van der Waals surface area contributed by atoms with Crippen LogP contribution in [0.4, 0.5) is 0 Å². The molecule has 1 atom stereocenters. The molecule has 0 N–H and O–H groups in total. The third kappa shape index (κ3) is 9.03. The second-order valence-electron chi connectivity index (χ2n) is 7.45. The van der Waals surface area contributed by atoms with E-state index in [1.807, 2.05) is 36.4 Å². The van der Waals surface area contributed by atoms with Crippen LogP contribution < -0.4 is 0 Å². The molecule has 0 bridgehead atoms. The average molecular weight is 379 g/mol. The quantitative estimate of drug-likeness (QED) is 0.203. The molecule has 0 spiro atoms. The summed E-state index contributed by atoms with van der Waals surface area (Å²) in [6.45, 7) is 4.15. The highest BCUT2D eigenvalue weighted by Crippen LogP contribution is 2.20. The molecule has 2 aromatic carbocycles. The Morgan fingerprint density at radius 2 is 1.43 bits per heavy atom. The second-order valence-corrected chi connectivity index (χ2v) is 7.45. The van der Waals surface area contributed by atoms with Gasteiger partial charge < -0.3 is 4.74 Å². The maximum Gasteiger partial charge on any atom is 0.309 e. The summed E-state index contributed by atoms with van der Waals surface area (Å²) in [6, 6.07) is 20.6. The number of benzene rings is 2. The Morgan fingerprint density at radius 3 is 2.11 bits per heavy atom. The summed E-state index contributed by atoms with van der Waals surface area (Å²) < 4.78 is 5.56. The molecule has 2 rings (SSSR count). The Morgan fingerprint density at radius 1 is 0.821 bits per heavy atom. The predicted molar refractivity (Wildman–Crippen MR) is 117 cm³/mol. The van der Waals surface area contributed by atoms with E-state index in [0.29, 0.717) is 6.61 Å². The van der Waals surface area contributed by atoms with Crippen molar-refractivity contribution in [2.45, 2.75) is 64.4 Å². The van der Waals surface area contributed by atoms with Crippen molar-refractivity contribution in [3.05, 3.63) is 84.4 Å². The number of hydrogen-bond acceptors (Lipinski definition) is 2. The lowest BCUT2D eigenvalue weighted by Crippen LogP contribution is -2.18. The van der Waals surface area contributed by atoms with Crippen LogP contribution >= 0.6 is 0 Å². The second kappa shape index (κ2) is 13.8. The number of carbonyl (C=O) groups excluding carboxylic acids is 1. The van der Waals surface area contributed by atoms with Gasteiger partial charge in [-0.15, -0.1) is 6.58 Å². The van der Waals surface area contributed by atoms with E-state index in [1.165, 1.54) is 31.2 Å². The van der Waals surface area contributed by atoms with Gasteiger partial charge in [0.1, 0.15) is 6.61 Å². The zero-order valence-corrected chi connectivity index (χ0v) is 17.0. The van der Waals surface area contributed by atoms with Gasteiger partial charge >= 0.3 is 5.97 Å². The van der Waals surface area contributed by atoms with E-state index in [1.54, 1.807) is 0 Å². The zero-order chi connectivity index (χ0) is 19.9. The smallest absolute Gasteiger partial charge is 0.309 e. The molecule has 0 saturated heterocycles. The Kier molecular flexibility index (Phi) is 10.8. The largest absolute Gasteiger partial charge is 0.461 e. The molecule has 28 heavy (non-hydrogen) atoms. The summed E-state index contributed by atoms with van der Waals surface area (Å²) in [5, 5.41) is 0. The van der Waals surface area contributed by atoms with Crippen LogP contribution in [0.5, 0.6) is 0 Å². The minimum absolute atomic E-state index is 0.00830. The van der Waals surface area contributed by atoms with E-state index >= 15 is 0 Å². The number of unbranched alkanes of at least 4 members (excludes halogenated alkanes) is 4. The number of rotatable bonds is 14. The molecule has 0 heterocycles. The highest BCUT2D eigenvalue weighted by molar-refractivity contribution is 5.72. The highest BCUT2D eigenvalue weighted by atomic mass is 16.5. The predicted octanol–water partition coefficient (Wildman–Crippen LogP) is 6.90. The van der Waals surface area contributed by atoms with E-state index < -0.39 is 0 Å². The third-order valence-electron chi connectivity index (χ3n) is 5.14. The highest BCUT2D eigenvalue weighted by Gasteiger charge is 2.19. The Bertz CT molecular complexity index is 663. The first-order valence-corrected chi connectivity index (χ1v) is 10.6. The van der Waals surface area contributed by atoms with Crippen LogP contribution in [0.25, 0.3) is 0 Å². The Labute approximate surface area is 170 Å². The standard InChI is InChI=1S/C26H34O2/c1-2-3-20-25(26(27)28-22-24-18-12-8-13-19-24)21-14-6-4-5-9-15-23-16-10-7-11-17-23/h2,7-8,10-13,16-19,25H,1,3-6,9,14-15,20-22H2. The van der Waals surface area contributed by atoms with Crippen LogP contribution in [0.2, 0.25) is 0 Å². The molecular weight excluding hydrogens is 344 g/mol. The topological polar surface area (TPSA) is 26.3 Å². The van der Waals surface area contributed by atoms with E-state index in [0.717, 1.165) is 37.7 Å². The fourth-order valence-corrected chi connectivity index (χ4v) is 3.44. The molecule has 2 aromatic rings. The van der Waals surface area contributed by atoms with Crippen molar-refractivity contribution >= 4 is 5.97 Å². The molecule has 150 valence electrons. The third-order valence-corrected chi connectivity index (χ3v) is 5.14. The summed E-state index contributed by atoms with van der Waals surface area (Å²) in [5.41, 5.74) is 2.46. The number of allylic oxidation sites excluding steroid dienone is 1. The van der Waals surface area contributed by atoms with Gasteiger partial charge in [-0.3, -0.25) is 4.79 Å². The molecule has 0 aliphatic heterocycles. The summed E-state index contributed by atoms with van der Waals surface area (Å²) in [6.07, 6.45) is 11.7. The van der Waals surface area contributed by atoms with Gasteiger partial charge in [0.25, 0.3) is 0 Å². The summed E-state index contributed by atoms with van der Waals surface area (Å²) in [7, 11) is 0. The van der Waals surface area contributed by atoms with Crippen LogP contribution in [-0.2, 0) is 22.6 Å². The maximum atomic E-state index is 12.5. The average Bonchev–Trinajstić information content (AvgIpc) is 2.75. The normalized spacial score (nSPS) is 11.7. The number of ether oxygens (including phenoxy) is 1. The molecule has 0 fully saturated rings. The van der Waals surface area contributed by atoms with Gasteiger partial charge in [0.05, 0.1) is 5.92 Å². The maximum absolute atomic E-state index is 12.5. The molecule has 0 amide bonds. The van der Waals surface area contributed by atoms with Gasteiger partial charge in [-0.2, -0.15) is 0 Å². The number of hydrogen-bond donors (Lipinski definition) is 0. The van der Waals surface area contributed by atoms with Crippen molar-refractivity contribution < 1.29 is 9.53 Å². The van der Waals surface area contributed by atoms with E-state index in [9.17, 15) is 4.79 Å². The zero-order valence-electron chi connectivity index (χ0n) is 17.0. The van der Waals surface area contributed by atoms with E-state index in [-0.39, 0.29) is 11.9 Å². The Hall–Kier alpha value is -2.35. The van der Waals surface area contributed by atoms with Crippen LogP contribution in [0.15, 0.2) is 73.3 Å². The van der Waals surface area contributed by atoms with Crippen molar-refractivity contribution in [2.75, 3.05) is 0 Å². The van der Waals surface area contributed by atoms with Crippen LogP contribution in [0.3, 0.4) is 0 Å². The van der Waals surface area contributed by atoms with Gasteiger partial charge in [-0.1, -0.05) is 92.4 Å². The first-order chi connectivity index (χ1) is 13.8. The fraction of sp³-hybridized carbons (Fsp3) is 0.423. The molecular formula is C26H34O2. The van der Waals surface area contributed by atoms with Crippen molar-refractivity contribution in [2.24, 2.45) is 5.92 Å². The lowest BCUT2D eigenvalue weighted by Gasteiger charge is -2.15. The lowest BCUT2D eigenvalue weighted by molar-refractivity contribution is -0.150. The Balaban J connectivity index is 1.62. The number of esters is 1. The minimum atomic E-state index is -0.0604. The van der Waals surface area contributed by atoms with Gasteiger partial charge in [-0.25, -0.2) is 0 Å². The van der Waals surface area contributed by atoms with Crippen LogP contribution in [-0.4, -0.2) is 5.97 Å². The molecule has 0 saturated carbocycles. The van der Waals surface area contributed by atoms with Crippen LogP contribution in [0, 0.1) is 5.92 Å².